The van der Waals surface area contributed by atoms with Gasteiger partial charge in [0.15, 0.2) is 4.33 Å². The molecule has 88 valence electrons. The Bertz CT molecular complexity index is 523. The largest absolute Gasteiger partial charge is 0.205 e. The van der Waals surface area contributed by atoms with E-state index in [-0.39, 0.29) is 5.02 Å². The topological polar surface area (TPSA) is 0 Å². The van der Waals surface area contributed by atoms with Crippen LogP contribution in [0.2, 0.25) is 5.02 Å². The Morgan fingerprint density at radius 3 is 2.18 bits per heavy atom. The van der Waals surface area contributed by atoms with E-state index in [1.54, 1.807) is 18.2 Å². The van der Waals surface area contributed by atoms with Crippen LogP contribution in [0.1, 0.15) is 11.1 Å². The number of hydrogen-bond acceptors (Lipinski definition) is 0. The van der Waals surface area contributed by atoms with Gasteiger partial charge in [0.1, 0.15) is 5.82 Å². The van der Waals surface area contributed by atoms with Crippen molar-refractivity contribution in [1.82, 2.24) is 0 Å². The maximum Gasteiger partial charge on any atom is 0.169 e. The molecule has 0 bridgehead atoms. The number of benzene rings is 2. The van der Waals surface area contributed by atoms with Crippen molar-refractivity contribution in [2.75, 3.05) is 0 Å². The first-order chi connectivity index (χ1) is 8.03. The molecular weight excluding hydrogens is 281 g/mol. The van der Waals surface area contributed by atoms with Gasteiger partial charge < -0.3 is 0 Å². The van der Waals surface area contributed by atoms with E-state index in [0.717, 1.165) is 0 Å². The third-order valence-electron chi connectivity index (χ3n) is 2.43. The van der Waals surface area contributed by atoms with Crippen LogP contribution in [0.4, 0.5) is 4.39 Å². The zero-order valence-corrected chi connectivity index (χ0v) is 10.9. The molecule has 0 N–H and O–H groups in total. The second-order valence-corrected chi connectivity index (χ2v) is 5.25. The summed E-state index contributed by atoms with van der Waals surface area (Å²) in [5.74, 6) is -0.536. The first-order valence-electron chi connectivity index (χ1n) is 4.91. The first kappa shape index (κ1) is 12.7. The van der Waals surface area contributed by atoms with Crippen LogP contribution in [-0.4, -0.2) is 0 Å². The Hall–Kier alpha value is -0.760. The summed E-state index contributed by atoms with van der Waals surface area (Å²) in [5, 5.41) is -0.0543. The molecule has 0 spiro atoms. The number of halogens is 4. The molecule has 0 amide bonds. The standard InChI is InChI=1S/C13H8Cl3F/c14-12-10(7-4-8-11(12)17)13(15,16)9-5-2-1-3-6-9/h1-8H. The summed E-state index contributed by atoms with van der Waals surface area (Å²) in [6.07, 6.45) is 0. The molecule has 0 heterocycles. The predicted molar refractivity (Wildman–Crippen MR) is 70.3 cm³/mol. The summed E-state index contributed by atoms with van der Waals surface area (Å²) in [6.45, 7) is 0. The molecular formula is C13H8Cl3F. The molecule has 0 radical (unpaired) electrons. The Kier molecular flexibility index (Phi) is 3.62. The third-order valence-corrected chi connectivity index (χ3v) is 3.65. The van der Waals surface area contributed by atoms with Crippen molar-refractivity contribution < 1.29 is 4.39 Å². The van der Waals surface area contributed by atoms with Gasteiger partial charge in [-0.2, -0.15) is 0 Å². The molecule has 0 aliphatic rings. The molecule has 4 heteroatoms. The zero-order chi connectivity index (χ0) is 12.5. The fraction of sp³-hybridized carbons (Fsp3) is 0.0769. The molecule has 0 aromatic heterocycles. The smallest absolute Gasteiger partial charge is 0.169 e. The lowest BCUT2D eigenvalue weighted by atomic mass is 10.0. The van der Waals surface area contributed by atoms with Gasteiger partial charge in [0.2, 0.25) is 0 Å². The predicted octanol–water partition coefficient (Wildman–Crippen LogP) is 5.16. The van der Waals surface area contributed by atoms with Gasteiger partial charge in [-0.3, -0.25) is 0 Å². The van der Waals surface area contributed by atoms with E-state index in [2.05, 4.69) is 0 Å². The molecule has 0 fully saturated rings. The maximum absolute atomic E-state index is 13.4. The molecule has 2 rings (SSSR count). The molecule has 0 atom stereocenters. The molecule has 0 saturated carbocycles. The normalized spacial score (nSPS) is 11.5. The highest BCUT2D eigenvalue weighted by atomic mass is 35.5. The Balaban J connectivity index is 2.56. The molecule has 0 aliphatic carbocycles. The van der Waals surface area contributed by atoms with E-state index in [1.807, 2.05) is 18.2 Å². The van der Waals surface area contributed by atoms with Gasteiger partial charge in [-0.05, 0) is 11.6 Å². The quantitative estimate of drug-likeness (QED) is 0.670. The Morgan fingerprint density at radius 2 is 1.53 bits per heavy atom. The van der Waals surface area contributed by atoms with Crippen molar-refractivity contribution in [2.24, 2.45) is 0 Å². The van der Waals surface area contributed by atoms with Crippen LogP contribution in [0.3, 0.4) is 0 Å². The van der Waals surface area contributed by atoms with Crippen LogP contribution in [0.5, 0.6) is 0 Å². The molecule has 0 saturated heterocycles. The molecule has 0 unspecified atom stereocenters. The van der Waals surface area contributed by atoms with Gasteiger partial charge in [0.25, 0.3) is 0 Å². The van der Waals surface area contributed by atoms with Crippen molar-refractivity contribution in [3.63, 3.8) is 0 Å². The van der Waals surface area contributed by atoms with E-state index >= 15 is 0 Å². The van der Waals surface area contributed by atoms with Crippen LogP contribution in [0.15, 0.2) is 48.5 Å². The van der Waals surface area contributed by atoms with Crippen molar-refractivity contribution in [1.29, 1.82) is 0 Å². The maximum atomic E-state index is 13.4. The average Bonchev–Trinajstić information content (AvgIpc) is 2.33. The van der Waals surface area contributed by atoms with Gasteiger partial charge in [-0.15, -0.1) is 0 Å². The lowest BCUT2D eigenvalue weighted by Gasteiger charge is -2.21. The lowest BCUT2D eigenvalue weighted by molar-refractivity contribution is 0.625. The van der Waals surface area contributed by atoms with Crippen molar-refractivity contribution in [3.8, 4) is 0 Å². The molecule has 2 aromatic carbocycles. The van der Waals surface area contributed by atoms with Crippen LogP contribution >= 0.6 is 34.8 Å². The number of alkyl halides is 2. The zero-order valence-electron chi connectivity index (χ0n) is 8.63. The van der Waals surface area contributed by atoms with Gasteiger partial charge in [-0.1, -0.05) is 77.3 Å². The van der Waals surface area contributed by atoms with Gasteiger partial charge >= 0.3 is 0 Å². The molecule has 17 heavy (non-hydrogen) atoms. The summed E-state index contributed by atoms with van der Waals surface area (Å²) in [4.78, 5) is 0. The van der Waals surface area contributed by atoms with E-state index in [0.29, 0.717) is 11.1 Å². The average molecular weight is 290 g/mol. The summed E-state index contributed by atoms with van der Waals surface area (Å²) in [6, 6.07) is 13.4. The Morgan fingerprint density at radius 1 is 0.882 bits per heavy atom. The van der Waals surface area contributed by atoms with E-state index in [9.17, 15) is 4.39 Å². The third kappa shape index (κ3) is 2.42. The minimum atomic E-state index is -1.36. The summed E-state index contributed by atoms with van der Waals surface area (Å²) in [7, 11) is 0. The lowest BCUT2D eigenvalue weighted by Crippen LogP contribution is -2.13. The highest BCUT2D eigenvalue weighted by molar-refractivity contribution is 6.51. The summed E-state index contributed by atoms with van der Waals surface area (Å²) >= 11 is 18.4. The van der Waals surface area contributed by atoms with Crippen molar-refractivity contribution in [3.05, 3.63) is 70.5 Å². The van der Waals surface area contributed by atoms with E-state index in [4.69, 9.17) is 34.8 Å². The second-order valence-electron chi connectivity index (χ2n) is 3.54. The Labute approximate surface area is 114 Å². The second kappa shape index (κ2) is 4.85. The fourth-order valence-corrected chi connectivity index (χ4v) is 2.48. The summed E-state index contributed by atoms with van der Waals surface area (Å²) < 4.78 is 12.0. The first-order valence-corrected chi connectivity index (χ1v) is 6.04. The number of rotatable bonds is 2. The monoisotopic (exact) mass is 288 g/mol. The van der Waals surface area contributed by atoms with Crippen molar-refractivity contribution >= 4 is 34.8 Å². The van der Waals surface area contributed by atoms with Gasteiger partial charge in [0, 0.05) is 5.56 Å². The molecule has 2 aromatic rings. The number of hydrogen-bond donors (Lipinski definition) is 0. The van der Waals surface area contributed by atoms with Crippen molar-refractivity contribution in [2.45, 2.75) is 4.33 Å². The van der Waals surface area contributed by atoms with E-state index < -0.39 is 10.2 Å². The van der Waals surface area contributed by atoms with Crippen LogP contribution in [0.25, 0.3) is 0 Å². The van der Waals surface area contributed by atoms with Gasteiger partial charge in [0.05, 0.1) is 5.02 Å². The van der Waals surface area contributed by atoms with Gasteiger partial charge in [-0.25, -0.2) is 4.39 Å². The molecule has 0 aliphatic heterocycles. The van der Waals surface area contributed by atoms with Crippen LogP contribution in [0, 0.1) is 5.82 Å². The van der Waals surface area contributed by atoms with Crippen LogP contribution in [-0.2, 0) is 4.33 Å². The highest BCUT2D eigenvalue weighted by Crippen LogP contribution is 2.44. The minimum absolute atomic E-state index is 0.0543. The minimum Gasteiger partial charge on any atom is -0.205 e. The molecule has 0 nitrogen and oxygen atoms in total. The SMILES string of the molecule is Fc1cccc(C(Cl)(Cl)c2ccccc2)c1Cl. The summed E-state index contributed by atoms with van der Waals surface area (Å²) in [5.41, 5.74) is 0.990. The fourth-order valence-electron chi connectivity index (χ4n) is 1.55. The highest BCUT2D eigenvalue weighted by Gasteiger charge is 2.31. The van der Waals surface area contributed by atoms with E-state index in [1.165, 1.54) is 12.1 Å². The van der Waals surface area contributed by atoms with Crippen LogP contribution < -0.4 is 0 Å².